The average Bonchev–Trinajstić information content (AvgIpc) is 2.90. The van der Waals surface area contributed by atoms with Crippen LogP contribution in [-0.4, -0.2) is 36.0 Å². The summed E-state index contributed by atoms with van der Waals surface area (Å²) in [5.41, 5.74) is 0.607. The number of carbonyl (C=O) groups is 1. The van der Waals surface area contributed by atoms with Crippen molar-refractivity contribution in [1.82, 2.24) is 0 Å². The van der Waals surface area contributed by atoms with E-state index >= 15 is 0 Å². The van der Waals surface area contributed by atoms with Crippen LogP contribution in [0, 0.1) is 0 Å². The summed E-state index contributed by atoms with van der Waals surface area (Å²) < 4.78 is 11.3. The fourth-order valence-corrected chi connectivity index (χ4v) is 2.73. The highest BCUT2D eigenvalue weighted by Gasteiger charge is 2.46. The monoisotopic (exact) mass is 263 g/mol. The van der Waals surface area contributed by atoms with E-state index in [-0.39, 0.29) is 5.78 Å². The van der Waals surface area contributed by atoms with E-state index in [0.717, 1.165) is 5.06 Å². The molecule has 1 saturated carbocycles. The molecule has 1 spiro atoms. The zero-order chi connectivity index (χ0) is 13.3. The second kappa shape index (κ2) is 4.92. The molecular weight excluding hydrogens is 246 g/mol. The smallest absolute Gasteiger partial charge is 0.171 e. The molecule has 1 unspecified atom stereocenters. The molecule has 1 atom stereocenters. The molecule has 1 aromatic rings. The van der Waals surface area contributed by atoms with Gasteiger partial charge in [0.15, 0.2) is 11.6 Å². The van der Waals surface area contributed by atoms with Crippen molar-refractivity contribution in [3.05, 3.63) is 30.3 Å². The number of hydroxylamine groups is 1. The molecule has 1 aromatic carbocycles. The second-order valence-corrected chi connectivity index (χ2v) is 4.97. The number of rotatable bonds is 2. The summed E-state index contributed by atoms with van der Waals surface area (Å²) in [7, 11) is 0. The van der Waals surface area contributed by atoms with Gasteiger partial charge in [-0.25, -0.2) is 5.06 Å². The SMILES string of the molecule is O=C1CCC2(CC1N(O)c1ccccc1)OCCO2. The molecule has 19 heavy (non-hydrogen) atoms. The number of hydrogen-bond donors (Lipinski definition) is 1. The van der Waals surface area contributed by atoms with Crippen molar-refractivity contribution in [3.8, 4) is 0 Å². The summed E-state index contributed by atoms with van der Waals surface area (Å²) >= 11 is 0. The molecule has 0 amide bonds. The number of anilines is 1. The topological polar surface area (TPSA) is 59.0 Å². The number of carbonyl (C=O) groups excluding carboxylic acids is 1. The Balaban J connectivity index is 1.80. The Morgan fingerprint density at radius 1 is 1.21 bits per heavy atom. The molecule has 102 valence electrons. The Labute approximate surface area is 111 Å². The molecule has 2 aliphatic rings. The molecule has 1 aliphatic carbocycles. The van der Waals surface area contributed by atoms with Gasteiger partial charge in [-0.1, -0.05) is 18.2 Å². The molecule has 1 heterocycles. The Kier molecular flexibility index (Phi) is 3.26. The van der Waals surface area contributed by atoms with Gasteiger partial charge < -0.3 is 9.47 Å². The third-order valence-corrected chi connectivity index (χ3v) is 3.76. The normalized spacial score (nSPS) is 25.7. The summed E-state index contributed by atoms with van der Waals surface area (Å²) in [6, 6.07) is 8.45. The van der Waals surface area contributed by atoms with Crippen LogP contribution >= 0.6 is 0 Å². The summed E-state index contributed by atoms with van der Waals surface area (Å²) in [6.07, 6.45) is 1.32. The van der Waals surface area contributed by atoms with E-state index in [4.69, 9.17) is 9.47 Å². The summed E-state index contributed by atoms with van der Waals surface area (Å²) in [5.74, 6) is -0.662. The van der Waals surface area contributed by atoms with Gasteiger partial charge >= 0.3 is 0 Å². The van der Waals surface area contributed by atoms with Gasteiger partial charge in [0, 0.05) is 19.3 Å². The first kappa shape index (κ1) is 12.6. The van der Waals surface area contributed by atoms with E-state index in [9.17, 15) is 10.0 Å². The van der Waals surface area contributed by atoms with Crippen LogP contribution in [0.25, 0.3) is 0 Å². The number of hydrogen-bond acceptors (Lipinski definition) is 5. The molecule has 1 aliphatic heterocycles. The largest absolute Gasteiger partial charge is 0.347 e. The van der Waals surface area contributed by atoms with Crippen LogP contribution in [0.5, 0.6) is 0 Å². The lowest BCUT2D eigenvalue weighted by Crippen LogP contribution is -2.50. The van der Waals surface area contributed by atoms with Gasteiger partial charge in [-0.15, -0.1) is 0 Å². The number of para-hydroxylation sites is 1. The van der Waals surface area contributed by atoms with Crippen molar-refractivity contribution in [2.45, 2.75) is 31.1 Å². The average molecular weight is 263 g/mol. The van der Waals surface area contributed by atoms with Gasteiger partial charge in [0.25, 0.3) is 0 Å². The van der Waals surface area contributed by atoms with Crippen LogP contribution in [0.15, 0.2) is 30.3 Å². The van der Waals surface area contributed by atoms with Crippen molar-refractivity contribution >= 4 is 11.5 Å². The van der Waals surface area contributed by atoms with Crippen LogP contribution in [-0.2, 0) is 14.3 Å². The minimum absolute atomic E-state index is 0.0241. The third-order valence-electron chi connectivity index (χ3n) is 3.76. The molecular formula is C14H17NO4. The van der Waals surface area contributed by atoms with Crippen molar-refractivity contribution in [1.29, 1.82) is 0 Å². The van der Waals surface area contributed by atoms with E-state index in [1.165, 1.54) is 0 Å². The maximum Gasteiger partial charge on any atom is 0.171 e. The van der Waals surface area contributed by atoms with Gasteiger partial charge in [0.2, 0.25) is 0 Å². The highest BCUT2D eigenvalue weighted by atomic mass is 16.7. The number of nitrogens with zero attached hydrogens (tertiary/aromatic N) is 1. The second-order valence-electron chi connectivity index (χ2n) is 4.97. The van der Waals surface area contributed by atoms with Crippen LogP contribution in [0.2, 0.25) is 0 Å². The molecule has 0 radical (unpaired) electrons. The molecule has 5 nitrogen and oxygen atoms in total. The zero-order valence-electron chi connectivity index (χ0n) is 10.6. The fraction of sp³-hybridized carbons (Fsp3) is 0.500. The lowest BCUT2D eigenvalue weighted by atomic mass is 9.88. The predicted molar refractivity (Wildman–Crippen MR) is 68.0 cm³/mol. The highest BCUT2D eigenvalue weighted by Crippen LogP contribution is 2.36. The molecule has 1 saturated heterocycles. The predicted octanol–water partition coefficient (Wildman–Crippen LogP) is 1.75. The maximum absolute atomic E-state index is 12.0. The molecule has 1 N–H and O–H groups in total. The van der Waals surface area contributed by atoms with Crippen LogP contribution < -0.4 is 5.06 Å². The molecule has 0 bridgehead atoms. The summed E-state index contributed by atoms with van der Waals surface area (Å²) in [6.45, 7) is 1.11. The first-order valence-electron chi connectivity index (χ1n) is 6.54. The van der Waals surface area contributed by atoms with E-state index < -0.39 is 11.8 Å². The van der Waals surface area contributed by atoms with Crippen molar-refractivity contribution in [3.63, 3.8) is 0 Å². The van der Waals surface area contributed by atoms with Gasteiger partial charge in [0.1, 0.15) is 6.04 Å². The van der Waals surface area contributed by atoms with Gasteiger partial charge in [-0.2, -0.15) is 0 Å². The maximum atomic E-state index is 12.0. The van der Waals surface area contributed by atoms with Crippen molar-refractivity contribution < 1.29 is 19.5 Å². The quantitative estimate of drug-likeness (QED) is 0.824. The van der Waals surface area contributed by atoms with Gasteiger partial charge in [0.05, 0.1) is 18.9 Å². The Hall–Kier alpha value is -1.43. The van der Waals surface area contributed by atoms with Crippen LogP contribution in [0.1, 0.15) is 19.3 Å². The van der Waals surface area contributed by atoms with E-state index in [2.05, 4.69) is 0 Å². The third kappa shape index (κ3) is 2.36. The number of ether oxygens (including phenoxy) is 2. The Morgan fingerprint density at radius 2 is 1.89 bits per heavy atom. The molecule has 5 heteroatoms. The highest BCUT2D eigenvalue weighted by molar-refractivity contribution is 5.87. The van der Waals surface area contributed by atoms with Crippen molar-refractivity contribution in [2.24, 2.45) is 0 Å². The van der Waals surface area contributed by atoms with Crippen LogP contribution in [0.4, 0.5) is 5.69 Å². The Morgan fingerprint density at radius 3 is 2.58 bits per heavy atom. The minimum atomic E-state index is -0.686. The first-order chi connectivity index (χ1) is 9.20. The van der Waals surface area contributed by atoms with Gasteiger partial charge in [-0.05, 0) is 12.1 Å². The lowest BCUT2D eigenvalue weighted by molar-refractivity contribution is -0.185. The lowest BCUT2D eigenvalue weighted by Gasteiger charge is -2.38. The molecule has 3 rings (SSSR count). The molecule has 0 aromatic heterocycles. The van der Waals surface area contributed by atoms with Crippen LogP contribution in [0.3, 0.4) is 0 Å². The zero-order valence-corrected chi connectivity index (χ0v) is 10.6. The standard InChI is InChI=1S/C14H17NO4/c16-13-6-7-14(18-8-9-19-14)10-12(13)15(17)11-4-2-1-3-5-11/h1-5,12,17H,6-10H2. The first-order valence-corrected chi connectivity index (χ1v) is 6.54. The van der Waals surface area contributed by atoms with E-state index in [1.807, 2.05) is 18.2 Å². The summed E-state index contributed by atoms with van der Waals surface area (Å²) in [4.78, 5) is 12.0. The Bertz CT molecular complexity index is 456. The van der Waals surface area contributed by atoms with E-state index in [0.29, 0.717) is 38.2 Å². The van der Waals surface area contributed by atoms with E-state index in [1.54, 1.807) is 12.1 Å². The number of ketones is 1. The van der Waals surface area contributed by atoms with Crippen molar-refractivity contribution in [2.75, 3.05) is 18.3 Å². The fourth-order valence-electron chi connectivity index (χ4n) is 2.73. The van der Waals surface area contributed by atoms with Gasteiger partial charge in [-0.3, -0.25) is 10.0 Å². The minimum Gasteiger partial charge on any atom is -0.347 e. The number of benzene rings is 1. The number of Topliss-reactive ketones (excluding diaryl/α,β-unsaturated/α-hetero) is 1. The summed E-state index contributed by atoms with van der Waals surface area (Å²) in [5, 5.41) is 11.3. The molecule has 2 fully saturated rings.